The first-order valence-electron chi connectivity index (χ1n) is 36.1. The van der Waals surface area contributed by atoms with Crippen LogP contribution in [0.25, 0.3) is 0 Å². The highest BCUT2D eigenvalue weighted by molar-refractivity contribution is 5.71. The number of quaternary nitrogens is 1. The van der Waals surface area contributed by atoms with Crippen molar-refractivity contribution in [1.29, 1.82) is 0 Å². The molecule has 0 radical (unpaired) electrons. The summed E-state index contributed by atoms with van der Waals surface area (Å²) in [4.78, 5) is 37.6. The molecule has 9 heteroatoms. The second-order valence-electron chi connectivity index (χ2n) is 25.2. The van der Waals surface area contributed by atoms with E-state index in [2.05, 4.69) is 123 Å². The summed E-state index contributed by atoms with van der Waals surface area (Å²) in [5.41, 5.74) is 0. The van der Waals surface area contributed by atoms with E-state index in [4.69, 9.17) is 18.9 Å². The van der Waals surface area contributed by atoms with Gasteiger partial charge in [0, 0.05) is 12.8 Å². The number of likely N-dealkylation sites (N-methyl/N-ethyl adjacent to an activating group) is 1. The summed E-state index contributed by atoms with van der Waals surface area (Å²) in [6.45, 7) is 4.73. The Bertz CT molecular complexity index is 1800. The quantitative estimate of drug-likeness (QED) is 0.0211. The molecule has 9 nitrogen and oxygen atoms in total. The number of unbranched alkanes of at least 4 members (excludes halogenated alkanes) is 33. The molecule has 0 aromatic rings. The molecule has 0 aromatic carbocycles. The van der Waals surface area contributed by atoms with Gasteiger partial charge in [-0.15, -0.1) is 0 Å². The van der Waals surface area contributed by atoms with Gasteiger partial charge >= 0.3 is 17.9 Å². The van der Waals surface area contributed by atoms with E-state index in [9.17, 15) is 19.5 Å². The number of carboxylic acids is 1. The molecule has 0 fully saturated rings. The first-order chi connectivity index (χ1) is 42.6. The van der Waals surface area contributed by atoms with Crippen LogP contribution in [0.3, 0.4) is 0 Å². The molecule has 0 aliphatic heterocycles. The van der Waals surface area contributed by atoms with Gasteiger partial charge < -0.3 is 28.5 Å². The van der Waals surface area contributed by atoms with Gasteiger partial charge in [-0.3, -0.25) is 9.59 Å². The minimum atomic E-state index is -1.53. The van der Waals surface area contributed by atoms with E-state index in [1.165, 1.54) is 193 Å². The van der Waals surface area contributed by atoms with Crippen molar-refractivity contribution in [3.8, 4) is 0 Å². The molecule has 0 amide bonds. The Hall–Kier alpha value is -4.05. The summed E-state index contributed by atoms with van der Waals surface area (Å²) >= 11 is 0. The molecule has 0 bridgehead atoms. The van der Waals surface area contributed by atoms with Crippen LogP contribution >= 0.6 is 0 Å². The average molecular weight is 1220 g/mol. The fourth-order valence-electron chi connectivity index (χ4n) is 10.0. The second kappa shape index (κ2) is 67.9. The van der Waals surface area contributed by atoms with Crippen molar-refractivity contribution in [2.45, 2.75) is 322 Å². The zero-order chi connectivity index (χ0) is 63.3. The second-order valence-corrected chi connectivity index (χ2v) is 25.2. The number of nitrogens with zero attached hydrogens (tertiary/aromatic N) is 1. The zero-order valence-corrected chi connectivity index (χ0v) is 57.2. The van der Waals surface area contributed by atoms with Gasteiger partial charge in [0.05, 0.1) is 34.4 Å². The Morgan fingerprint density at radius 1 is 0.356 bits per heavy atom. The van der Waals surface area contributed by atoms with E-state index in [0.717, 1.165) is 83.5 Å². The minimum Gasteiger partial charge on any atom is -0.477 e. The van der Waals surface area contributed by atoms with Gasteiger partial charge in [-0.1, -0.05) is 303 Å². The summed E-state index contributed by atoms with van der Waals surface area (Å²) in [6.07, 6.45) is 92.3. The van der Waals surface area contributed by atoms with E-state index in [1.807, 2.05) is 21.1 Å². The Morgan fingerprint density at radius 3 is 1.01 bits per heavy atom. The van der Waals surface area contributed by atoms with Gasteiger partial charge in [-0.2, -0.15) is 0 Å². The maximum Gasteiger partial charge on any atom is 0.361 e. The van der Waals surface area contributed by atoms with Crippen LogP contribution in [0.5, 0.6) is 0 Å². The van der Waals surface area contributed by atoms with E-state index in [0.29, 0.717) is 23.9 Å². The summed E-state index contributed by atoms with van der Waals surface area (Å²) in [7, 11) is 5.96. The number of hydrogen-bond acceptors (Lipinski definition) is 7. The number of carbonyl (C=O) groups excluding carboxylic acids is 2. The molecule has 1 N–H and O–H groups in total. The number of hydrogen-bond donors (Lipinski definition) is 1. The standard InChI is InChI=1S/C78H135NO8/c1-6-8-10-12-14-16-18-20-22-24-26-28-30-32-34-35-36-37-38-39-40-41-43-44-46-48-50-52-54-56-58-60-62-64-66-68-75(80)85-72-74(73-86-78(77(82)83)84-71-70-79(3,4)5)87-76(81)69-67-65-63-61-59-57-55-53-51-49-47-45-42-33-31-29-27-25-23-21-19-17-15-13-11-9-7-2/h9,11,15,17,21,23-24,26-27,29,33,42,47,49,53,55,59,61,74,78H,6-8,10,12-14,16,18-20,22,25,28,30-32,34-41,43-46,48,50-52,54,56-58,60,62-73H2,1-5H3/p+1/b11-9-,17-15-,23-21-,26-24-,29-27-,42-33-,49-47-,55-53-,61-59-. The predicted molar refractivity (Wildman–Crippen MR) is 373 cm³/mol. The van der Waals surface area contributed by atoms with Crippen molar-refractivity contribution < 1.29 is 42.9 Å². The third kappa shape index (κ3) is 69.3. The molecule has 0 saturated heterocycles. The lowest BCUT2D eigenvalue weighted by atomic mass is 10.0. The van der Waals surface area contributed by atoms with Crippen LogP contribution < -0.4 is 0 Å². The maximum absolute atomic E-state index is 12.9. The molecule has 0 heterocycles. The smallest absolute Gasteiger partial charge is 0.361 e. The Balaban J connectivity index is 4.13. The highest BCUT2D eigenvalue weighted by Gasteiger charge is 2.25. The van der Waals surface area contributed by atoms with Crippen LogP contribution in [0, 0.1) is 0 Å². The molecular weight excluding hydrogens is 1080 g/mol. The van der Waals surface area contributed by atoms with Gasteiger partial charge in [0.25, 0.3) is 6.29 Å². The first-order valence-corrected chi connectivity index (χ1v) is 36.1. The van der Waals surface area contributed by atoms with E-state index >= 15 is 0 Å². The van der Waals surface area contributed by atoms with Crippen LogP contribution in [0.15, 0.2) is 109 Å². The largest absolute Gasteiger partial charge is 0.477 e. The molecule has 0 aliphatic carbocycles. The number of rotatable bonds is 66. The number of allylic oxidation sites excluding steroid dienone is 18. The maximum atomic E-state index is 12.9. The molecule has 0 aromatic heterocycles. The molecule has 2 unspecified atom stereocenters. The number of ether oxygens (including phenoxy) is 4. The molecule has 500 valence electrons. The zero-order valence-electron chi connectivity index (χ0n) is 57.2. The summed E-state index contributed by atoms with van der Waals surface area (Å²) in [5.74, 6) is -2.06. The van der Waals surface area contributed by atoms with Crippen LogP contribution in [-0.2, 0) is 33.3 Å². The van der Waals surface area contributed by atoms with Crippen LogP contribution in [0.1, 0.15) is 309 Å². The highest BCUT2D eigenvalue weighted by Crippen LogP contribution is 2.18. The molecule has 0 saturated carbocycles. The van der Waals surface area contributed by atoms with E-state index in [-0.39, 0.29) is 32.2 Å². The summed E-state index contributed by atoms with van der Waals surface area (Å²) in [5, 5.41) is 9.74. The monoisotopic (exact) mass is 1220 g/mol. The van der Waals surface area contributed by atoms with Crippen molar-refractivity contribution in [3.63, 3.8) is 0 Å². The highest BCUT2D eigenvalue weighted by atomic mass is 16.7. The van der Waals surface area contributed by atoms with Crippen LogP contribution in [-0.4, -0.2) is 87.4 Å². The van der Waals surface area contributed by atoms with Gasteiger partial charge in [0.15, 0.2) is 6.10 Å². The van der Waals surface area contributed by atoms with Crippen molar-refractivity contribution in [1.82, 2.24) is 0 Å². The lowest BCUT2D eigenvalue weighted by molar-refractivity contribution is -0.870. The molecule has 87 heavy (non-hydrogen) atoms. The third-order valence-corrected chi connectivity index (χ3v) is 15.5. The third-order valence-electron chi connectivity index (χ3n) is 15.5. The number of carboxylic acid groups (broad SMARTS) is 1. The minimum absolute atomic E-state index is 0.175. The normalized spacial score (nSPS) is 13.3. The van der Waals surface area contributed by atoms with Gasteiger partial charge in [-0.05, 0) is 103 Å². The lowest BCUT2D eigenvalue weighted by Crippen LogP contribution is -2.40. The van der Waals surface area contributed by atoms with E-state index in [1.54, 1.807) is 0 Å². The summed E-state index contributed by atoms with van der Waals surface area (Å²) in [6, 6.07) is 0. The fourth-order valence-corrected chi connectivity index (χ4v) is 10.0. The Morgan fingerprint density at radius 2 is 0.655 bits per heavy atom. The van der Waals surface area contributed by atoms with Crippen molar-refractivity contribution in [2.75, 3.05) is 47.5 Å². The molecular formula is C78H136NO8+. The number of carbonyl (C=O) groups is 3. The van der Waals surface area contributed by atoms with Crippen molar-refractivity contribution in [2.24, 2.45) is 0 Å². The first kappa shape index (κ1) is 83.0. The van der Waals surface area contributed by atoms with Crippen LogP contribution in [0.4, 0.5) is 0 Å². The average Bonchev–Trinajstić information content (AvgIpc) is 3.56. The number of esters is 2. The van der Waals surface area contributed by atoms with Gasteiger partial charge in [0.2, 0.25) is 0 Å². The number of aliphatic carboxylic acids is 1. The van der Waals surface area contributed by atoms with Crippen molar-refractivity contribution in [3.05, 3.63) is 109 Å². The molecule has 0 spiro atoms. The molecule has 0 aliphatic rings. The van der Waals surface area contributed by atoms with Crippen LogP contribution in [0.2, 0.25) is 0 Å². The topological polar surface area (TPSA) is 108 Å². The fraction of sp³-hybridized carbons (Fsp3) is 0.731. The summed E-state index contributed by atoms with van der Waals surface area (Å²) < 4.78 is 22.9. The lowest BCUT2D eigenvalue weighted by Gasteiger charge is -2.25. The molecule has 0 rings (SSSR count). The Labute approximate surface area is 536 Å². The SMILES string of the molecule is CC/C=C\C/C=C\C/C=C\C/C=C\C/C=C\C/C=C\C/C=C\C/C=C\CCCCC(=O)OC(COC(=O)CCCCCCCCCCCCCCCCCCCCCCCCC/C=C\CCCCCCCCCC)COC(OCC[N+](C)(C)C)C(=O)O. The Kier molecular flexibility index (Phi) is 64.7. The predicted octanol–water partition coefficient (Wildman–Crippen LogP) is 22.6. The van der Waals surface area contributed by atoms with Gasteiger partial charge in [0.1, 0.15) is 13.2 Å². The van der Waals surface area contributed by atoms with E-state index < -0.39 is 24.3 Å². The van der Waals surface area contributed by atoms with Gasteiger partial charge in [-0.25, -0.2) is 4.79 Å². The molecule has 2 atom stereocenters. The van der Waals surface area contributed by atoms with Crippen molar-refractivity contribution >= 4 is 17.9 Å².